The van der Waals surface area contributed by atoms with Crippen molar-refractivity contribution in [3.8, 4) is 10.6 Å². The van der Waals surface area contributed by atoms with Crippen molar-refractivity contribution in [1.82, 2.24) is 5.16 Å². The number of halogens is 1. The summed E-state index contributed by atoms with van der Waals surface area (Å²) in [4.78, 5) is 2.39. The van der Waals surface area contributed by atoms with Gasteiger partial charge in [0.1, 0.15) is 3.57 Å². The zero-order chi connectivity index (χ0) is 10.3. The summed E-state index contributed by atoms with van der Waals surface area (Å²) < 4.78 is 6.07. The molecular weight excluding hydrogens is 311 g/mol. The minimum Gasteiger partial charge on any atom is -0.380 e. The highest BCUT2D eigenvalue weighted by Gasteiger charge is 2.15. The molecule has 0 aliphatic rings. The first-order valence-electron chi connectivity index (χ1n) is 4.07. The summed E-state index contributed by atoms with van der Waals surface area (Å²) >= 11 is 3.85. The molecule has 0 radical (unpaired) electrons. The molecule has 0 atom stereocenters. The van der Waals surface area contributed by atoms with Crippen LogP contribution in [0.25, 0.3) is 10.6 Å². The Balaban J connectivity index is 2.54. The lowest BCUT2D eigenvalue weighted by Gasteiger charge is -1.88. The predicted octanol–water partition coefficient (Wildman–Crippen LogP) is 3.21. The first-order valence-corrected chi connectivity index (χ1v) is 5.97. The van der Waals surface area contributed by atoms with Gasteiger partial charge in [0.2, 0.25) is 0 Å². The topological polar surface area (TPSA) is 52.0 Å². The van der Waals surface area contributed by atoms with Crippen molar-refractivity contribution >= 4 is 39.7 Å². The van der Waals surface area contributed by atoms with Crippen LogP contribution in [-0.4, -0.2) is 5.16 Å². The second-order valence-corrected chi connectivity index (χ2v) is 5.40. The number of nitrogens with zero attached hydrogens (tertiary/aromatic N) is 1. The number of nitrogen functional groups attached to an aromatic ring is 1. The average Bonchev–Trinajstić information content (AvgIpc) is 2.61. The van der Waals surface area contributed by atoms with Gasteiger partial charge in [-0.25, -0.2) is 0 Å². The summed E-state index contributed by atoms with van der Waals surface area (Å²) in [6.07, 6.45) is 0. The van der Waals surface area contributed by atoms with Crippen molar-refractivity contribution in [3.05, 3.63) is 20.1 Å². The lowest BCUT2D eigenvalue weighted by molar-refractivity contribution is 0.436. The van der Waals surface area contributed by atoms with Gasteiger partial charge < -0.3 is 10.3 Å². The number of thiophene rings is 1. The van der Waals surface area contributed by atoms with E-state index in [1.165, 1.54) is 10.4 Å². The number of nitrogens with two attached hydrogens (primary N) is 1. The fourth-order valence-electron chi connectivity index (χ4n) is 1.13. The van der Waals surface area contributed by atoms with Crippen molar-refractivity contribution in [1.29, 1.82) is 0 Å². The number of aryl methyl sites for hydroxylation is 2. The van der Waals surface area contributed by atoms with Gasteiger partial charge in [0, 0.05) is 4.88 Å². The number of hydrogen-bond acceptors (Lipinski definition) is 4. The molecule has 2 aromatic heterocycles. The third-order valence-electron chi connectivity index (χ3n) is 2.05. The normalized spacial score (nSPS) is 10.8. The van der Waals surface area contributed by atoms with E-state index < -0.39 is 0 Å². The van der Waals surface area contributed by atoms with Crippen molar-refractivity contribution in [2.24, 2.45) is 0 Å². The Hall–Kier alpha value is -0.560. The van der Waals surface area contributed by atoms with Crippen LogP contribution in [0.3, 0.4) is 0 Å². The molecule has 2 aromatic rings. The van der Waals surface area contributed by atoms with E-state index in [0.717, 1.165) is 14.2 Å². The molecule has 2 heterocycles. The molecule has 0 saturated carbocycles. The second kappa shape index (κ2) is 3.54. The van der Waals surface area contributed by atoms with Crippen LogP contribution in [0.15, 0.2) is 10.6 Å². The molecule has 0 spiro atoms. The third kappa shape index (κ3) is 1.54. The molecule has 2 N–H and O–H groups in total. The zero-order valence-electron chi connectivity index (χ0n) is 7.80. The van der Waals surface area contributed by atoms with Crippen molar-refractivity contribution in [2.45, 2.75) is 13.8 Å². The SMILES string of the molecule is Cc1cc(-c2onc(N)c2I)sc1C. The van der Waals surface area contributed by atoms with E-state index in [0.29, 0.717) is 5.82 Å². The van der Waals surface area contributed by atoms with E-state index >= 15 is 0 Å². The minimum atomic E-state index is 0.462. The van der Waals surface area contributed by atoms with E-state index in [1.54, 1.807) is 11.3 Å². The first-order chi connectivity index (χ1) is 6.59. The maximum atomic E-state index is 5.62. The standard InChI is InChI=1S/C9H9IN2OS/c1-4-3-6(14-5(4)2)8-7(10)9(11)12-13-8/h3H,1-2H3,(H2,11,12). The lowest BCUT2D eigenvalue weighted by atomic mass is 10.2. The lowest BCUT2D eigenvalue weighted by Crippen LogP contribution is -1.85. The van der Waals surface area contributed by atoms with Crippen molar-refractivity contribution in [2.75, 3.05) is 5.73 Å². The quantitative estimate of drug-likeness (QED) is 0.821. The van der Waals surface area contributed by atoms with Crippen LogP contribution in [0.4, 0.5) is 5.82 Å². The van der Waals surface area contributed by atoms with E-state index in [4.69, 9.17) is 10.3 Å². The monoisotopic (exact) mass is 320 g/mol. The molecule has 0 amide bonds. The van der Waals surface area contributed by atoms with Crippen LogP contribution in [0, 0.1) is 17.4 Å². The number of aromatic nitrogens is 1. The fourth-order valence-corrected chi connectivity index (χ4v) is 2.82. The van der Waals surface area contributed by atoms with Crippen LogP contribution in [0.5, 0.6) is 0 Å². The van der Waals surface area contributed by atoms with Gasteiger partial charge in [-0.05, 0) is 48.1 Å². The van der Waals surface area contributed by atoms with Crippen LogP contribution in [-0.2, 0) is 0 Å². The van der Waals surface area contributed by atoms with E-state index in [1.807, 2.05) is 0 Å². The van der Waals surface area contributed by atoms with Gasteiger partial charge in [0.15, 0.2) is 11.6 Å². The van der Waals surface area contributed by atoms with Gasteiger partial charge in [0.05, 0.1) is 4.88 Å². The molecule has 0 bridgehead atoms. The Morgan fingerprint density at radius 2 is 2.21 bits per heavy atom. The van der Waals surface area contributed by atoms with Crippen LogP contribution in [0.2, 0.25) is 0 Å². The summed E-state index contributed by atoms with van der Waals surface area (Å²) in [7, 11) is 0. The smallest absolute Gasteiger partial charge is 0.192 e. The Bertz CT molecular complexity index is 456. The van der Waals surface area contributed by atoms with Crippen LogP contribution >= 0.6 is 33.9 Å². The van der Waals surface area contributed by atoms with Gasteiger partial charge in [-0.15, -0.1) is 11.3 Å². The third-order valence-corrected chi connectivity index (χ3v) is 4.24. The fraction of sp³-hybridized carbons (Fsp3) is 0.222. The van der Waals surface area contributed by atoms with E-state index in [-0.39, 0.29) is 0 Å². The first kappa shape index (κ1) is 9.97. The predicted molar refractivity (Wildman–Crippen MR) is 66.4 cm³/mol. The zero-order valence-corrected chi connectivity index (χ0v) is 10.8. The molecule has 0 fully saturated rings. The molecule has 0 unspecified atom stereocenters. The largest absolute Gasteiger partial charge is 0.380 e. The highest BCUT2D eigenvalue weighted by Crippen LogP contribution is 2.35. The van der Waals surface area contributed by atoms with Gasteiger partial charge in [-0.3, -0.25) is 0 Å². The number of anilines is 1. The number of hydrogen-bond donors (Lipinski definition) is 1. The molecule has 0 aliphatic heterocycles. The Kier molecular flexibility index (Phi) is 2.52. The molecule has 74 valence electrons. The van der Waals surface area contributed by atoms with Crippen LogP contribution < -0.4 is 5.73 Å². The molecule has 0 saturated heterocycles. The van der Waals surface area contributed by atoms with Gasteiger partial charge >= 0.3 is 0 Å². The summed E-state index contributed by atoms with van der Waals surface area (Å²) in [6, 6.07) is 2.10. The minimum absolute atomic E-state index is 0.462. The van der Waals surface area contributed by atoms with Gasteiger partial charge in [-0.2, -0.15) is 0 Å². The number of rotatable bonds is 1. The molecule has 5 heteroatoms. The van der Waals surface area contributed by atoms with Gasteiger partial charge in [-0.1, -0.05) is 5.16 Å². The second-order valence-electron chi connectivity index (χ2n) is 3.06. The molecule has 0 aromatic carbocycles. The summed E-state index contributed by atoms with van der Waals surface area (Å²) in [5.41, 5.74) is 6.89. The Labute approximate surface area is 99.4 Å². The Morgan fingerprint density at radius 1 is 1.50 bits per heavy atom. The molecule has 0 aliphatic carbocycles. The van der Waals surface area contributed by atoms with Crippen molar-refractivity contribution in [3.63, 3.8) is 0 Å². The molecular formula is C9H9IN2OS. The molecule has 3 nitrogen and oxygen atoms in total. The maximum absolute atomic E-state index is 5.62. The summed E-state index contributed by atoms with van der Waals surface area (Å²) in [5, 5.41) is 3.73. The highest BCUT2D eigenvalue weighted by molar-refractivity contribution is 14.1. The van der Waals surface area contributed by atoms with E-state index in [9.17, 15) is 0 Å². The van der Waals surface area contributed by atoms with Crippen molar-refractivity contribution < 1.29 is 4.52 Å². The molecule has 14 heavy (non-hydrogen) atoms. The Morgan fingerprint density at radius 3 is 2.64 bits per heavy atom. The maximum Gasteiger partial charge on any atom is 0.192 e. The highest BCUT2D eigenvalue weighted by atomic mass is 127. The van der Waals surface area contributed by atoms with E-state index in [2.05, 4.69) is 47.7 Å². The molecule has 2 rings (SSSR count). The summed E-state index contributed by atoms with van der Waals surface area (Å²) in [6.45, 7) is 4.18. The average molecular weight is 320 g/mol. The van der Waals surface area contributed by atoms with Gasteiger partial charge in [0.25, 0.3) is 0 Å². The summed E-state index contributed by atoms with van der Waals surface area (Å²) in [5.74, 6) is 1.24. The van der Waals surface area contributed by atoms with Crippen LogP contribution in [0.1, 0.15) is 10.4 Å².